The summed E-state index contributed by atoms with van der Waals surface area (Å²) in [7, 11) is 5.18. The molecule has 3 amide bonds. The van der Waals surface area contributed by atoms with Crippen LogP contribution in [0.25, 0.3) is 0 Å². The molecule has 95 heavy (non-hydrogen) atoms. The van der Waals surface area contributed by atoms with Crippen LogP contribution in [0.5, 0.6) is 34.5 Å². The summed E-state index contributed by atoms with van der Waals surface area (Å²) in [5.41, 5.74) is 28.2. The van der Waals surface area contributed by atoms with Gasteiger partial charge in [0.25, 0.3) is 17.7 Å². The summed E-state index contributed by atoms with van der Waals surface area (Å²) in [6.45, 7) is 40.9. The van der Waals surface area contributed by atoms with E-state index in [-0.39, 0.29) is 64.3 Å². The number of hydrogen-bond donors (Lipinski definition) is 3. The maximum absolute atomic E-state index is 14.4. The monoisotopic (exact) mass is 1290 g/mol. The van der Waals surface area contributed by atoms with Gasteiger partial charge in [-0.25, -0.2) is 0 Å². The number of carbonyl (C=O) groups excluding carboxylic acids is 3. The van der Waals surface area contributed by atoms with Gasteiger partial charge < -0.3 is 45.2 Å². The molecule has 12 bridgehead atoms. The van der Waals surface area contributed by atoms with Crippen LogP contribution in [-0.2, 0) is 85.4 Å². The minimum absolute atomic E-state index is 0.255. The van der Waals surface area contributed by atoms with Crippen molar-refractivity contribution >= 4 is 17.7 Å². The van der Waals surface area contributed by atoms with E-state index in [1.165, 1.54) is 0 Å². The predicted molar refractivity (Wildman–Crippen MR) is 385 cm³/mol. The number of amides is 3. The number of methoxy groups -OCH3 is 3. The van der Waals surface area contributed by atoms with E-state index in [4.69, 9.17) is 39.9 Å². The third-order valence-electron chi connectivity index (χ3n) is 18.3. The Bertz CT molecular complexity index is 3780. The highest BCUT2D eigenvalue weighted by Gasteiger charge is 2.32. The summed E-state index contributed by atoms with van der Waals surface area (Å²) in [5.74, 6) is 2.32. The maximum Gasteiger partial charge on any atom is 0.258 e. The van der Waals surface area contributed by atoms with Crippen molar-refractivity contribution in [3.8, 4) is 34.5 Å². The van der Waals surface area contributed by atoms with E-state index in [0.29, 0.717) is 73.0 Å². The first kappa shape index (κ1) is 72.6. The Balaban J connectivity index is 1.54. The maximum atomic E-state index is 14.4. The van der Waals surface area contributed by atoms with Crippen molar-refractivity contribution in [1.29, 1.82) is 0 Å². The molecule has 0 unspecified atom stereocenters. The lowest BCUT2D eigenvalue weighted by Gasteiger charge is -2.29. The average Bonchev–Trinajstić information content (AvgIpc) is 0.774. The molecule has 12 nitrogen and oxygen atoms in total. The quantitative estimate of drug-likeness (QED) is 0.0959. The Labute approximate surface area is 567 Å². The highest BCUT2D eigenvalue weighted by Crippen LogP contribution is 2.46. The Morgan fingerprint density at radius 2 is 0.547 bits per heavy atom. The van der Waals surface area contributed by atoms with Crippen molar-refractivity contribution in [2.75, 3.05) is 41.2 Å². The molecule has 0 radical (unpaired) electrons. The summed E-state index contributed by atoms with van der Waals surface area (Å²) in [4.78, 5) is 40.4. The summed E-state index contributed by atoms with van der Waals surface area (Å²) < 4.78 is 40.7. The number of fused-ring (bicyclic) bond motifs is 12. The molecule has 0 heterocycles. The van der Waals surface area contributed by atoms with Gasteiger partial charge in [-0.15, -0.1) is 0 Å². The predicted octanol–water partition coefficient (Wildman–Crippen LogP) is 16.3. The molecule has 1 aliphatic rings. The molecular weight excluding hydrogens is 1180 g/mol. The molecule has 5 N–H and O–H groups in total. The van der Waals surface area contributed by atoms with E-state index in [2.05, 4.69) is 203 Å². The van der Waals surface area contributed by atoms with Crippen molar-refractivity contribution in [3.05, 3.63) is 209 Å². The molecule has 0 aromatic heterocycles. The number of primary amides is 2. The Morgan fingerprint density at radius 3 is 0.737 bits per heavy atom. The number of carbonyl (C=O) groups is 3. The SMILES string of the molecule is COc1c2cc(C(C)(C)C)cc1Cc1cc(C(C)(C)C)cc(c1OCC(N)=O)Cc1cc(C(C)(C)C)cc(c1OC)Cc1cc(C(C)(C)C)cc(c1OCC(=O)N[C@@H](C)c1ccccc1)Cc1cc(C(C)(C)C)cc(c1OC)Cc1cc(C(C)(C)C)cc(c1OCC(N)=O)C2. The van der Waals surface area contributed by atoms with Crippen molar-refractivity contribution in [1.82, 2.24) is 5.32 Å². The first-order chi connectivity index (χ1) is 44.2. The van der Waals surface area contributed by atoms with E-state index in [1.54, 1.807) is 21.3 Å². The Morgan fingerprint density at radius 1 is 0.347 bits per heavy atom. The van der Waals surface area contributed by atoms with Crippen molar-refractivity contribution in [2.24, 2.45) is 11.5 Å². The van der Waals surface area contributed by atoms with Crippen LogP contribution >= 0.6 is 0 Å². The van der Waals surface area contributed by atoms with Gasteiger partial charge in [-0.3, -0.25) is 14.4 Å². The molecule has 0 saturated carbocycles. The fourth-order valence-corrected chi connectivity index (χ4v) is 12.8. The fraction of sp³-hybridized carbons (Fsp3) is 0.458. The lowest BCUT2D eigenvalue weighted by molar-refractivity contribution is -0.124. The van der Waals surface area contributed by atoms with Gasteiger partial charge in [0.1, 0.15) is 34.5 Å². The highest BCUT2D eigenvalue weighted by molar-refractivity contribution is 5.78. The first-order valence-corrected chi connectivity index (χ1v) is 33.6. The smallest absolute Gasteiger partial charge is 0.258 e. The van der Waals surface area contributed by atoms with E-state index < -0.39 is 11.8 Å². The van der Waals surface area contributed by atoms with Crippen LogP contribution in [0.15, 0.2) is 103 Å². The Kier molecular flexibility index (Phi) is 21.6. The zero-order chi connectivity index (χ0) is 70.1. The topological polar surface area (TPSA) is 171 Å². The van der Waals surface area contributed by atoms with Gasteiger partial charge in [0.2, 0.25) is 0 Å². The normalized spacial score (nSPS) is 13.6. The molecule has 7 aromatic rings. The van der Waals surface area contributed by atoms with Gasteiger partial charge in [0.05, 0.1) is 27.4 Å². The average molecular weight is 1290 g/mol. The number of benzene rings is 7. The Hall–Kier alpha value is -8.25. The fourth-order valence-electron chi connectivity index (χ4n) is 12.8. The largest absolute Gasteiger partial charge is 0.496 e. The highest BCUT2D eigenvalue weighted by atomic mass is 16.5. The van der Waals surface area contributed by atoms with Crippen LogP contribution in [0.1, 0.15) is 243 Å². The molecule has 7 aromatic carbocycles. The van der Waals surface area contributed by atoms with Crippen LogP contribution in [-0.4, -0.2) is 58.9 Å². The van der Waals surface area contributed by atoms with Gasteiger partial charge in [-0.2, -0.15) is 0 Å². The molecular formula is C83H107N3O9. The number of nitrogens with two attached hydrogens (primary N) is 2. The van der Waals surface area contributed by atoms with E-state index in [1.807, 2.05) is 37.3 Å². The van der Waals surface area contributed by atoms with E-state index in [0.717, 1.165) is 106 Å². The van der Waals surface area contributed by atoms with Crippen LogP contribution < -0.4 is 45.2 Å². The molecule has 1 aliphatic carbocycles. The van der Waals surface area contributed by atoms with Gasteiger partial charge in [-0.1, -0.05) is 228 Å². The minimum Gasteiger partial charge on any atom is -0.496 e. The molecule has 1 atom stereocenters. The summed E-state index contributed by atoms with van der Waals surface area (Å²) in [6, 6.07) is 36.4. The van der Waals surface area contributed by atoms with Crippen LogP contribution in [0.2, 0.25) is 0 Å². The molecule has 12 heteroatoms. The summed E-state index contributed by atoms with van der Waals surface area (Å²) >= 11 is 0. The van der Waals surface area contributed by atoms with Crippen molar-refractivity contribution < 1.29 is 42.8 Å². The molecule has 0 fully saturated rings. The van der Waals surface area contributed by atoms with Crippen molar-refractivity contribution in [2.45, 2.75) is 209 Å². The second-order valence-corrected chi connectivity index (χ2v) is 32.4. The standard InChI is InChI=1S/C83H107N3O9/c1-49(50-26-24-23-25-27-50)86-71(89)48-95-77-61-32-55-38-64(79(5,6)7)36-53(73(55)91-21)30-59-42-66(81(11,12)13)40-57(75(59)93-46-69(84)87)28-51-34-63(78(2,3)4)35-52(72(51)90-20)29-58-41-67(82(14,15)16)43-60(76(58)94-47-70(85)88)31-54-37-65(80(8,9)10)39-56(74(54)92-22)33-62(77)45-68(44-61)83(17,18)19/h23-27,34-45,49H,28-33,46-48H2,1-22H3,(H2,84,87)(H2,85,88)(H,86,89)/t49-/m0/s1. The van der Waals surface area contributed by atoms with Crippen LogP contribution in [0.3, 0.4) is 0 Å². The zero-order valence-electron chi connectivity index (χ0n) is 61.1. The van der Waals surface area contributed by atoms with Gasteiger partial charge in [-0.05, 0) is 145 Å². The van der Waals surface area contributed by atoms with Gasteiger partial charge in [0.15, 0.2) is 19.8 Å². The second kappa shape index (κ2) is 28.2. The lowest BCUT2D eigenvalue weighted by Crippen LogP contribution is -2.31. The summed E-state index contributed by atoms with van der Waals surface area (Å²) in [5, 5.41) is 3.21. The van der Waals surface area contributed by atoms with E-state index >= 15 is 0 Å². The van der Waals surface area contributed by atoms with Gasteiger partial charge >= 0.3 is 0 Å². The molecule has 0 spiro atoms. The second-order valence-electron chi connectivity index (χ2n) is 32.4. The number of hydrogen-bond acceptors (Lipinski definition) is 9. The third kappa shape index (κ3) is 17.6. The third-order valence-corrected chi connectivity index (χ3v) is 18.3. The molecule has 8 rings (SSSR count). The molecule has 508 valence electrons. The summed E-state index contributed by atoms with van der Waals surface area (Å²) in [6.07, 6.45) is 2.17. The first-order valence-electron chi connectivity index (χ1n) is 33.6. The van der Waals surface area contributed by atoms with Gasteiger partial charge in [0, 0.05) is 38.5 Å². The number of ether oxygens (including phenoxy) is 6. The number of rotatable bonds is 14. The lowest BCUT2D eigenvalue weighted by atomic mass is 9.79. The van der Waals surface area contributed by atoms with Crippen LogP contribution in [0, 0.1) is 0 Å². The minimum atomic E-state index is -0.602. The van der Waals surface area contributed by atoms with Crippen LogP contribution in [0.4, 0.5) is 0 Å². The van der Waals surface area contributed by atoms with Crippen molar-refractivity contribution in [3.63, 3.8) is 0 Å². The molecule has 0 aliphatic heterocycles. The molecule has 0 saturated heterocycles. The van der Waals surface area contributed by atoms with E-state index in [9.17, 15) is 14.4 Å². The number of nitrogens with one attached hydrogen (secondary N) is 1. The zero-order valence-corrected chi connectivity index (χ0v) is 61.1.